The minimum Gasteiger partial charge on any atom is -0.491 e. The summed E-state index contributed by atoms with van der Waals surface area (Å²) < 4.78 is 10.9. The second-order valence-corrected chi connectivity index (χ2v) is 8.28. The molecule has 1 unspecified atom stereocenters. The van der Waals surface area contributed by atoms with Gasteiger partial charge in [-0.15, -0.1) is 0 Å². The van der Waals surface area contributed by atoms with Crippen LogP contribution in [0.15, 0.2) is 18.2 Å². The van der Waals surface area contributed by atoms with Crippen LogP contribution in [0.2, 0.25) is 0 Å². The number of carbonyl (C=O) groups is 3. The Morgan fingerprint density at radius 1 is 1.10 bits per heavy atom. The lowest BCUT2D eigenvalue weighted by atomic mass is 10.0. The van der Waals surface area contributed by atoms with Crippen LogP contribution in [0.25, 0.3) is 0 Å². The van der Waals surface area contributed by atoms with Crippen LogP contribution in [-0.4, -0.2) is 78.4 Å². The van der Waals surface area contributed by atoms with Gasteiger partial charge in [0.05, 0.1) is 13.2 Å². The fourth-order valence-electron chi connectivity index (χ4n) is 3.86. The summed E-state index contributed by atoms with van der Waals surface area (Å²) in [4.78, 5) is 41.9. The summed E-state index contributed by atoms with van der Waals surface area (Å²) in [6.45, 7) is 10.7. The van der Waals surface area contributed by atoms with E-state index in [1.54, 1.807) is 16.7 Å². The Balaban J connectivity index is 1.60. The summed E-state index contributed by atoms with van der Waals surface area (Å²) >= 11 is 0. The standard InChI is InChI=1S/C23H33N3O5/c1-4-30-23(29)25-9-7-24(8-10-25)15-19-5-6-21-20(14-19)16-26(11-12-31-21)22(28)13-17(2)18(3)27/h5-6,14,17H,4,7-13,15-16H2,1-3H3. The Bertz CT molecular complexity index is 804. The summed E-state index contributed by atoms with van der Waals surface area (Å²) in [5.74, 6) is 0.561. The van der Waals surface area contributed by atoms with E-state index in [1.807, 2.05) is 13.0 Å². The smallest absolute Gasteiger partial charge is 0.409 e. The molecule has 8 heteroatoms. The van der Waals surface area contributed by atoms with Crippen molar-refractivity contribution in [2.75, 3.05) is 45.9 Å². The summed E-state index contributed by atoms with van der Waals surface area (Å²) in [7, 11) is 0. The number of carbonyl (C=O) groups excluding carboxylic acids is 3. The van der Waals surface area contributed by atoms with Gasteiger partial charge in [-0.3, -0.25) is 14.5 Å². The Morgan fingerprint density at radius 2 is 1.84 bits per heavy atom. The van der Waals surface area contributed by atoms with E-state index in [4.69, 9.17) is 9.47 Å². The van der Waals surface area contributed by atoms with E-state index in [0.29, 0.717) is 39.4 Å². The third kappa shape index (κ3) is 6.19. The molecule has 2 aliphatic rings. The van der Waals surface area contributed by atoms with Crippen LogP contribution in [0.1, 0.15) is 38.3 Å². The lowest BCUT2D eigenvalue weighted by Crippen LogP contribution is -2.48. The predicted octanol–water partition coefficient (Wildman–Crippen LogP) is 2.30. The molecule has 2 amide bonds. The largest absolute Gasteiger partial charge is 0.491 e. The fraction of sp³-hybridized carbons (Fsp3) is 0.609. The number of benzene rings is 1. The number of piperazine rings is 1. The molecule has 170 valence electrons. The lowest BCUT2D eigenvalue weighted by Gasteiger charge is -2.34. The van der Waals surface area contributed by atoms with Crippen molar-refractivity contribution in [2.45, 2.75) is 40.3 Å². The van der Waals surface area contributed by atoms with Gasteiger partial charge in [0.1, 0.15) is 18.1 Å². The van der Waals surface area contributed by atoms with E-state index in [1.165, 1.54) is 6.92 Å². The topological polar surface area (TPSA) is 79.4 Å². The van der Waals surface area contributed by atoms with E-state index in [-0.39, 0.29) is 30.1 Å². The molecule has 0 aliphatic carbocycles. The molecule has 1 aromatic rings. The first-order valence-electron chi connectivity index (χ1n) is 11.0. The first-order valence-corrected chi connectivity index (χ1v) is 11.0. The second-order valence-electron chi connectivity index (χ2n) is 8.28. The van der Waals surface area contributed by atoms with Gasteiger partial charge in [-0.1, -0.05) is 13.0 Å². The van der Waals surface area contributed by atoms with Gasteiger partial charge in [-0.05, 0) is 31.5 Å². The Kier molecular flexibility index (Phi) is 7.90. The number of nitrogens with zero attached hydrogens (tertiary/aromatic N) is 3. The van der Waals surface area contributed by atoms with Crippen molar-refractivity contribution in [2.24, 2.45) is 5.92 Å². The molecule has 31 heavy (non-hydrogen) atoms. The summed E-state index contributed by atoms with van der Waals surface area (Å²) in [6, 6.07) is 6.14. The van der Waals surface area contributed by atoms with Crippen molar-refractivity contribution in [3.8, 4) is 5.75 Å². The molecule has 0 bridgehead atoms. The summed E-state index contributed by atoms with van der Waals surface area (Å²) in [5, 5.41) is 0. The molecular weight excluding hydrogens is 398 g/mol. The fourth-order valence-corrected chi connectivity index (χ4v) is 3.86. The highest BCUT2D eigenvalue weighted by Gasteiger charge is 2.24. The maximum atomic E-state index is 12.7. The number of fused-ring (bicyclic) bond motifs is 1. The molecule has 0 radical (unpaired) electrons. The van der Waals surface area contributed by atoms with E-state index < -0.39 is 0 Å². The van der Waals surface area contributed by atoms with E-state index >= 15 is 0 Å². The Morgan fingerprint density at radius 3 is 2.52 bits per heavy atom. The number of ether oxygens (including phenoxy) is 2. The number of amides is 2. The van der Waals surface area contributed by atoms with Gasteiger partial charge in [-0.25, -0.2) is 4.79 Å². The molecule has 0 spiro atoms. The van der Waals surface area contributed by atoms with Gasteiger partial charge in [0.25, 0.3) is 0 Å². The van der Waals surface area contributed by atoms with Crippen molar-refractivity contribution in [1.82, 2.24) is 14.7 Å². The first kappa shape index (κ1) is 23.1. The molecular formula is C23H33N3O5. The number of hydrogen-bond donors (Lipinski definition) is 0. The second kappa shape index (κ2) is 10.6. The molecule has 1 aromatic carbocycles. The van der Waals surface area contributed by atoms with E-state index in [0.717, 1.165) is 36.5 Å². The molecule has 2 heterocycles. The molecule has 1 fully saturated rings. The van der Waals surface area contributed by atoms with E-state index in [2.05, 4.69) is 17.0 Å². The third-order valence-corrected chi connectivity index (χ3v) is 5.94. The van der Waals surface area contributed by atoms with Crippen molar-refractivity contribution in [3.63, 3.8) is 0 Å². The Labute approximate surface area is 184 Å². The number of ketones is 1. The SMILES string of the molecule is CCOC(=O)N1CCN(Cc2ccc3c(c2)CN(C(=O)CC(C)C(C)=O)CCO3)CC1. The third-order valence-electron chi connectivity index (χ3n) is 5.94. The van der Waals surface area contributed by atoms with Gasteiger partial charge in [-0.2, -0.15) is 0 Å². The van der Waals surface area contributed by atoms with Crippen LogP contribution in [0.4, 0.5) is 4.79 Å². The van der Waals surface area contributed by atoms with Crippen LogP contribution in [0.5, 0.6) is 5.75 Å². The van der Waals surface area contributed by atoms with Gasteiger partial charge < -0.3 is 19.3 Å². The molecule has 2 aliphatic heterocycles. The first-order chi connectivity index (χ1) is 14.9. The zero-order valence-corrected chi connectivity index (χ0v) is 18.8. The average molecular weight is 432 g/mol. The maximum Gasteiger partial charge on any atom is 0.409 e. The van der Waals surface area contributed by atoms with Gasteiger partial charge in [0, 0.05) is 57.2 Å². The van der Waals surface area contributed by atoms with Crippen LogP contribution in [-0.2, 0) is 27.4 Å². The van der Waals surface area contributed by atoms with E-state index in [9.17, 15) is 14.4 Å². The van der Waals surface area contributed by atoms with Crippen LogP contribution >= 0.6 is 0 Å². The van der Waals surface area contributed by atoms with Crippen molar-refractivity contribution in [3.05, 3.63) is 29.3 Å². The quantitative estimate of drug-likeness (QED) is 0.688. The highest BCUT2D eigenvalue weighted by Crippen LogP contribution is 2.26. The Hall–Kier alpha value is -2.61. The highest BCUT2D eigenvalue weighted by atomic mass is 16.6. The van der Waals surface area contributed by atoms with Crippen LogP contribution in [0.3, 0.4) is 0 Å². The monoisotopic (exact) mass is 431 g/mol. The van der Waals surface area contributed by atoms with Crippen LogP contribution in [0, 0.1) is 5.92 Å². The van der Waals surface area contributed by atoms with Gasteiger partial charge >= 0.3 is 6.09 Å². The molecule has 0 saturated carbocycles. The van der Waals surface area contributed by atoms with Crippen molar-refractivity contribution >= 4 is 17.8 Å². The minimum absolute atomic E-state index is 0.0142. The summed E-state index contributed by atoms with van der Waals surface area (Å²) in [5.41, 5.74) is 2.14. The van der Waals surface area contributed by atoms with Crippen molar-refractivity contribution in [1.29, 1.82) is 0 Å². The van der Waals surface area contributed by atoms with Gasteiger partial charge in [0.15, 0.2) is 0 Å². The normalized spacial score (nSPS) is 17.9. The molecule has 1 atom stereocenters. The summed E-state index contributed by atoms with van der Waals surface area (Å²) in [6.07, 6.45) is -0.0112. The van der Waals surface area contributed by atoms with Crippen molar-refractivity contribution < 1.29 is 23.9 Å². The lowest BCUT2D eigenvalue weighted by molar-refractivity contribution is -0.135. The maximum absolute atomic E-state index is 12.7. The number of rotatable bonds is 6. The molecule has 8 nitrogen and oxygen atoms in total. The number of Topliss-reactive ketones (excluding diaryl/α,β-unsaturated/α-hetero) is 1. The molecule has 0 aromatic heterocycles. The number of hydrogen-bond acceptors (Lipinski definition) is 6. The highest BCUT2D eigenvalue weighted by molar-refractivity contribution is 5.85. The van der Waals surface area contributed by atoms with Gasteiger partial charge in [0.2, 0.25) is 5.91 Å². The van der Waals surface area contributed by atoms with Crippen LogP contribution < -0.4 is 4.74 Å². The average Bonchev–Trinajstić information content (AvgIpc) is 2.96. The molecule has 0 N–H and O–H groups in total. The molecule has 3 rings (SSSR count). The minimum atomic E-state index is -0.268. The zero-order valence-electron chi connectivity index (χ0n) is 18.8. The predicted molar refractivity (Wildman–Crippen MR) is 116 cm³/mol. The zero-order chi connectivity index (χ0) is 22.4. The molecule has 1 saturated heterocycles.